The van der Waals surface area contributed by atoms with Crippen molar-refractivity contribution in [3.8, 4) is 5.75 Å². The highest BCUT2D eigenvalue weighted by Gasteiger charge is 2.33. The first-order chi connectivity index (χ1) is 13.0. The molecule has 0 bridgehead atoms. The summed E-state index contributed by atoms with van der Waals surface area (Å²) in [4.78, 5) is 38.4. The van der Waals surface area contributed by atoms with E-state index in [0.29, 0.717) is 30.9 Å². The number of carboxylic acids is 1. The predicted molar refractivity (Wildman–Crippen MR) is 107 cm³/mol. The van der Waals surface area contributed by atoms with Crippen molar-refractivity contribution in [2.24, 2.45) is 11.3 Å². The van der Waals surface area contributed by atoms with Crippen molar-refractivity contribution in [3.63, 3.8) is 0 Å². The molecule has 1 aromatic carbocycles. The molecule has 1 aromatic rings. The van der Waals surface area contributed by atoms with Crippen molar-refractivity contribution < 1.29 is 24.2 Å². The number of likely N-dealkylation sites (tertiary alicyclic amines) is 1. The number of aromatic carboxylic acids is 1. The first-order valence-corrected chi connectivity index (χ1v) is 9.63. The van der Waals surface area contributed by atoms with Gasteiger partial charge in [0.15, 0.2) is 0 Å². The Morgan fingerprint density at radius 3 is 2.50 bits per heavy atom. The van der Waals surface area contributed by atoms with E-state index < -0.39 is 11.4 Å². The van der Waals surface area contributed by atoms with Crippen molar-refractivity contribution >= 4 is 23.5 Å². The molecule has 2 amide bonds. The molecule has 154 valence electrons. The van der Waals surface area contributed by atoms with Gasteiger partial charge in [0.1, 0.15) is 5.75 Å². The normalized spacial score (nSPS) is 17.4. The van der Waals surface area contributed by atoms with Gasteiger partial charge in [0.05, 0.1) is 23.3 Å². The van der Waals surface area contributed by atoms with Gasteiger partial charge in [-0.1, -0.05) is 20.8 Å². The second kappa shape index (κ2) is 8.63. The van der Waals surface area contributed by atoms with Gasteiger partial charge in [0.25, 0.3) is 0 Å². The van der Waals surface area contributed by atoms with Crippen LogP contribution in [-0.4, -0.2) is 47.0 Å². The Labute approximate surface area is 166 Å². The lowest BCUT2D eigenvalue weighted by atomic mass is 9.91. The van der Waals surface area contributed by atoms with Gasteiger partial charge in [-0.2, -0.15) is 0 Å². The van der Waals surface area contributed by atoms with Crippen molar-refractivity contribution in [3.05, 3.63) is 23.8 Å². The van der Waals surface area contributed by atoms with Gasteiger partial charge < -0.3 is 20.1 Å². The van der Waals surface area contributed by atoms with Gasteiger partial charge in [-0.05, 0) is 44.9 Å². The first kappa shape index (κ1) is 21.7. The monoisotopic (exact) mass is 390 g/mol. The third-order valence-electron chi connectivity index (χ3n) is 4.57. The summed E-state index contributed by atoms with van der Waals surface area (Å²) < 4.78 is 5.70. The number of carbonyl (C=O) groups is 3. The molecule has 7 heteroatoms. The molecule has 1 fully saturated rings. The summed E-state index contributed by atoms with van der Waals surface area (Å²) in [5.74, 6) is -1.21. The van der Waals surface area contributed by atoms with Crippen LogP contribution in [0.25, 0.3) is 0 Å². The van der Waals surface area contributed by atoms with Crippen molar-refractivity contribution in [1.29, 1.82) is 0 Å². The Balaban J connectivity index is 2.18. The van der Waals surface area contributed by atoms with Crippen LogP contribution in [0.2, 0.25) is 0 Å². The Hall–Kier alpha value is -2.57. The predicted octanol–water partition coefficient (Wildman–Crippen LogP) is 3.40. The number of ether oxygens (including phenoxy) is 1. The molecule has 0 aliphatic carbocycles. The topological polar surface area (TPSA) is 95.9 Å². The van der Waals surface area contributed by atoms with E-state index in [1.807, 2.05) is 34.6 Å². The van der Waals surface area contributed by atoms with Gasteiger partial charge in [-0.15, -0.1) is 0 Å². The van der Waals surface area contributed by atoms with Crippen LogP contribution in [0.1, 0.15) is 57.8 Å². The van der Waals surface area contributed by atoms with Gasteiger partial charge in [-0.3, -0.25) is 9.59 Å². The number of hydrogen-bond acceptors (Lipinski definition) is 4. The maximum Gasteiger partial charge on any atom is 0.335 e. The zero-order valence-electron chi connectivity index (χ0n) is 17.2. The van der Waals surface area contributed by atoms with Gasteiger partial charge in [0, 0.05) is 18.5 Å². The van der Waals surface area contributed by atoms with Gasteiger partial charge >= 0.3 is 5.97 Å². The smallest absolute Gasteiger partial charge is 0.335 e. The highest BCUT2D eigenvalue weighted by Crippen LogP contribution is 2.29. The minimum atomic E-state index is -1.08. The summed E-state index contributed by atoms with van der Waals surface area (Å²) in [5, 5.41) is 12.1. The molecule has 1 aliphatic heterocycles. The van der Waals surface area contributed by atoms with Gasteiger partial charge in [0.2, 0.25) is 11.8 Å². The SMILES string of the molecule is CC(C)Oc1ccc(C(=O)O)cc1NC(=O)C1CCCN(C(=O)C(C)(C)C)C1. The molecule has 2 rings (SSSR count). The number of piperidine rings is 1. The summed E-state index contributed by atoms with van der Waals surface area (Å²) in [6, 6.07) is 4.40. The molecule has 1 saturated heterocycles. The van der Waals surface area contributed by atoms with E-state index in [1.54, 1.807) is 11.0 Å². The van der Waals surface area contributed by atoms with E-state index in [4.69, 9.17) is 4.74 Å². The van der Waals surface area contributed by atoms with Crippen LogP contribution >= 0.6 is 0 Å². The van der Waals surface area contributed by atoms with E-state index in [2.05, 4.69) is 5.32 Å². The van der Waals surface area contributed by atoms with E-state index in [9.17, 15) is 19.5 Å². The molecule has 1 unspecified atom stereocenters. The van der Waals surface area contributed by atoms with Crippen LogP contribution in [0.3, 0.4) is 0 Å². The molecule has 0 radical (unpaired) electrons. The first-order valence-electron chi connectivity index (χ1n) is 9.63. The third kappa shape index (κ3) is 5.47. The standard InChI is InChI=1S/C21H30N2O5/c1-13(2)28-17-9-8-14(19(25)26)11-16(17)22-18(24)15-7-6-10-23(12-15)20(27)21(3,4)5/h8-9,11,13,15H,6-7,10,12H2,1-5H3,(H,22,24)(H,25,26). The average Bonchev–Trinajstić information content (AvgIpc) is 2.61. The molecular weight excluding hydrogens is 360 g/mol. The summed E-state index contributed by atoms with van der Waals surface area (Å²) in [7, 11) is 0. The van der Waals surface area contributed by atoms with Crippen molar-refractivity contribution in [2.45, 2.75) is 53.6 Å². The van der Waals surface area contributed by atoms with E-state index in [-0.39, 0.29) is 29.4 Å². The minimum Gasteiger partial charge on any atom is -0.489 e. The number of benzene rings is 1. The summed E-state index contributed by atoms with van der Waals surface area (Å²) >= 11 is 0. The van der Waals surface area contributed by atoms with E-state index >= 15 is 0 Å². The van der Waals surface area contributed by atoms with Gasteiger partial charge in [-0.25, -0.2) is 4.79 Å². The number of hydrogen-bond donors (Lipinski definition) is 2. The summed E-state index contributed by atoms with van der Waals surface area (Å²) in [6.45, 7) is 10.3. The van der Waals surface area contributed by atoms with Crippen LogP contribution in [0.4, 0.5) is 5.69 Å². The lowest BCUT2D eigenvalue weighted by Crippen LogP contribution is -2.47. The number of amides is 2. The quantitative estimate of drug-likeness (QED) is 0.803. The van der Waals surface area contributed by atoms with E-state index in [1.165, 1.54) is 12.1 Å². The fourth-order valence-corrected chi connectivity index (χ4v) is 3.20. The highest BCUT2D eigenvalue weighted by molar-refractivity contribution is 5.97. The zero-order valence-corrected chi connectivity index (χ0v) is 17.2. The molecule has 1 atom stereocenters. The van der Waals surface area contributed by atoms with Crippen molar-refractivity contribution in [1.82, 2.24) is 4.90 Å². The number of carbonyl (C=O) groups excluding carboxylic acids is 2. The Morgan fingerprint density at radius 1 is 1.25 bits per heavy atom. The second-order valence-corrected chi connectivity index (χ2v) is 8.51. The molecule has 0 saturated carbocycles. The van der Waals surface area contributed by atoms with E-state index in [0.717, 1.165) is 6.42 Å². The summed E-state index contributed by atoms with van der Waals surface area (Å²) in [6.07, 6.45) is 1.31. The lowest BCUT2D eigenvalue weighted by molar-refractivity contribution is -0.142. The Morgan fingerprint density at radius 2 is 1.93 bits per heavy atom. The maximum atomic E-state index is 12.9. The molecule has 28 heavy (non-hydrogen) atoms. The fraction of sp³-hybridized carbons (Fsp3) is 0.571. The molecular formula is C21H30N2O5. The van der Waals surface area contributed by atoms with Crippen LogP contribution < -0.4 is 10.1 Å². The number of carboxylic acid groups (broad SMARTS) is 1. The van der Waals surface area contributed by atoms with Crippen LogP contribution in [-0.2, 0) is 9.59 Å². The number of anilines is 1. The molecule has 0 spiro atoms. The van der Waals surface area contributed by atoms with Crippen LogP contribution in [0, 0.1) is 11.3 Å². The maximum absolute atomic E-state index is 12.9. The minimum absolute atomic E-state index is 0.0294. The Bertz CT molecular complexity index is 752. The Kier molecular flexibility index (Phi) is 6.69. The average molecular weight is 390 g/mol. The number of rotatable bonds is 5. The van der Waals surface area contributed by atoms with Crippen LogP contribution in [0.15, 0.2) is 18.2 Å². The fourth-order valence-electron chi connectivity index (χ4n) is 3.20. The zero-order chi connectivity index (χ0) is 21.1. The summed E-state index contributed by atoms with van der Waals surface area (Å²) in [5.41, 5.74) is -0.0932. The lowest BCUT2D eigenvalue weighted by Gasteiger charge is -2.36. The molecule has 0 aromatic heterocycles. The number of nitrogens with zero attached hydrogens (tertiary/aromatic N) is 1. The molecule has 1 heterocycles. The molecule has 1 aliphatic rings. The largest absolute Gasteiger partial charge is 0.489 e. The second-order valence-electron chi connectivity index (χ2n) is 8.51. The number of nitrogens with one attached hydrogen (secondary N) is 1. The third-order valence-corrected chi connectivity index (χ3v) is 4.57. The van der Waals surface area contributed by atoms with Crippen molar-refractivity contribution in [2.75, 3.05) is 18.4 Å². The highest BCUT2D eigenvalue weighted by atomic mass is 16.5. The van der Waals surface area contributed by atoms with Crippen LogP contribution in [0.5, 0.6) is 5.75 Å². The molecule has 7 nitrogen and oxygen atoms in total. The molecule has 2 N–H and O–H groups in total.